The van der Waals surface area contributed by atoms with Gasteiger partial charge in [0.25, 0.3) is 0 Å². The summed E-state index contributed by atoms with van der Waals surface area (Å²) < 4.78 is 29.1. The molecule has 0 bridgehead atoms. The SMILES string of the molecule is CCCCCOc1cc(C)ccc1CNC(=NC)NCC1CCS(=O)(=O)C1. The Bertz CT molecular complexity index is 732. The fraction of sp³-hybridized carbons (Fsp3) is 0.650. The number of aryl methyl sites for hydroxylation is 1. The summed E-state index contributed by atoms with van der Waals surface area (Å²) in [4.78, 5) is 4.24. The van der Waals surface area contributed by atoms with E-state index in [9.17, 15) is 8.42 Å². The largest absolute Gasteiger partial charge is 0.493 e. The van der Waals surface area contributed by atoms with Gasteiger partial charge in [-0.05, 0) is 37.3 Å². The second-order valence-electron chi connectivity index (χ2n) is 7.24. The van der Waals surface area contributed by atoms with E-state index in [1.54, 1.807) is 7.05 Å². The molecule has 1 saturated heterocycles. The van der Waals surface area contributed by atoms with Gasteiger partial charge in [0.15, 0.2) is 15.8 Å². The van der Waals surface area contributed by atoms with Crippen molar-refractivity contribution in [1.82, 2.24) is 10.6 Å². The van der Waals surface area contributed by atoms with Gasteiger partial charge >= 0.3 is 0 Å². The number of hydrogen-bond donors (Lipinski definition) is 2. The summed E-state index contributed by atoms with van der Waals surface area (Å²) in [6, 6.07) is 6.23. The first kappa shape index (κ1) is 21.5. The van der Waals surface area contributed by atoms with Crippen molar-refractivity contribution in [1.29, 1.82) is 0 Å². The van der Waals surface area contributed by atoms with E-state index >= 15 is 0 Å². The van der Waals surface area contributed by atoms with E-state index in [0.29, 0.717) is 24.8 Å². The lowest BCUT2D eigenvalue weighted by atomic mass is 10.1. The van der Waals surface area contributed by atoms with Gasteiger partial charge < -0.3 is 15.4 Å². The van der Waals surface area contributed by atoms with Crippen molar-refractivity contribution in [3.63, 3.8) is 0 Å². The van der Waals surface area contributed by atoms with E-state index in [0.717, 1.165) is 30.8 Å². The van der Waals surface area contributed by atoms with E-state index in [1.165, 1.54) is 18.4 Å². The smallest absolute Gasteiger partial charge is 0.191 e. The number of unbranched alkanes of at least 4 members (excludes halogenated alkanes) is 2. The van der Waals surface area contributed by atoms with Crippen LogP contribution in [0.2, 0.25) is 0 Å². The lowest BCUT2D eigenvalue weighted by Crippen LogP contribution is -2.39. The normalized spacial score (nSPS) is 19.1. The number of guanidine groups is 1. The lowest BCUT2D eigenvalue weighted by Gasteiger charge is -2.17. The van der Waals surface area contributed by atoms with Gasteiger partial charge in [-0.25, -0.2) is 8.42 Å². The second-order valence-corrected chi connectivity index (χ2v) is 9.47. The van der Waals surface area contributed by atoms with Crippen LogP contribution in [0.1, 0.15) is 43.7 Å². The molecule has 2 rings (SSSR count). The summed E-state index contributed by atoms with van der Waals surface area (Å²) in [5, 5.41) is 6.55. The first-order chi connectivity index (χ1) is 12.9. The van der Waals surface area contributed by atoms with Crippen molar-refractivity contribution in [2.75, 3.05) is 31.7 Å². The molecule has 0 radical (unpaired) electrons. The first-order valence-electron chi connectivity index (χ1n) is 9.80. The average Bonchev–Trinajstić information content (AvgIpc) is 2.99. The molecule has 1 atom stereocenters. The van der Waals surface area contributed by atoms with Gasteiger partial charge in [0.1, 0.15) is 5.75 Å². The molecule has 1 aromatic carbocycles. The maximum absolute atomic E-state index is 11.6. The molecule has 1 aliphatic rings. The summed E-state index contributed by atoms with van der Waals surface area (Å²) in [5.74, 6) is 2.32. The van der Waals surface area contributed by atoms with Crippen LogP contribution in [0, 0.1) is 12.8 Å². The van der Waals surface area contributed by atoms with Gasteiger partial charge in [0.05, 0.1) is 18.1 Å². The highest BCUT2D eigenvalue weighted by atomic mass is 32.2. The van der Waals surface area contributed by atoms with E-state index in [-0.39, 0.29) is 11.7 Å². The molecule has 1 fully saturated rings. The predicted octanol–water partition coefficient (Wildman–Crippen LogP) is 2.66. The Hall–Kier alpha value is -1.76. The van der Waals surface area contributed by atoms with Crippen molar-refractivity contribution >= 4 is 15.8 Å². The van der Waals surface area contributed by atoms with Gasteiger partial charge in [-0.15, -0.1) is 0 Å². The highest BCUT2D eigenvalue weighted by molar-refractivity contribution is 7.91. The maximum atomic E-state index is 11.6. The fourth-order valence-corrected chi connectivity index (χ4v) is 5.01. The third kappa shape index (κ3) is 7.40. The second kappa shape index (κ2) is 10.5. The van der Waals surface area contributed by atoms with Gasteiger partial charge in [-0.1, -0.05) is 31.9 Å². The zero-order valence-electron chi connectivity index (χ0n) is 16.8. The number of nitrogens with one attached hydrogen (secondary N) is 2. The summed E-state index contributed by atoms with van der Waals surface area (Å²) in [6.45, 7) is 6.19. The average molecular weight is 396 g/mol. The standard InChI is InChI=1S/C20H33N3O3S/c1-4-5-6-10-26-19-12-16(2)7-8-18(19)14-23-20(21-3)22-13-17-9-11-27(24,25)15-17/h7-8,12,17H,4-6,9-11,13-15H2,1-3H3,(H2,21,22,23). The van der Waals surface area contributed by atoms with Gasteiger partial charge in [0.2, 0.25) is 0 Å². The third-order valence-electron chi connectivity index (χ3n) is 4.78. The van der Waals surface area contributed by atoms with Gasteiger partial charge in [-0.3, -0.25) is 4.99 Å². The number of nitrogens with zero attached hydrogens (tertiary/aromatic N) is 1. The Labute approximate surface area is 163 Å². The zero-order chi connectivity index (χ0) is 19.7. The monoisotopic (exact) mass is 395 g/mol. The fourth-order valence-electron chi connectivity index (χ4n) is 3.15. The molecule has 0 aromatic heterocycles. The number of sulfone groups is 1. The van der Waals surface area contributed by atoms with Crippen molar-refractivity contribution in [2.24, 2.45) is 10.9 Å². The molecule has 0 spiro atoms. The topological polar surface area (TPSA) is 79.8 Å². The van der Waals surface area contributed by atoms with Crippen LogP contribution in [0.15, 0.2) is 23.2 Å². The van der Waals surface area contributed by atoms with E-state index in [4.69, 9.17) is 4.74 Å². The molecule has 0 saturated carbocycles. The van der Waals surface area contributed by atoms with Crippen molar-refractivity contribution < 1.29 is 13.2 Å². The minimum atomic E-state index is -2.85. The molecule has 1 aliphatic heterocycles. The molecule has 1 aromatic rings. The first-order valence-corrected chi connectivity index (χ1v) is 11.6. The lowest BCUT2D eigenvalue weighted by molar-refractivity contribution is 0.303. The van der Waals surface area contributed by atoms with Crippen molar-refractivity contribution in [3.05, 3.63) is 29.3 Å². The van der Waals surface area contributed by atoms with Crippen LogP contribution in [0.3, 0.4) is 0 Å². The summed E-state index contributed by atoms with van der Waals surface area (Å²) in [7, 11) is -1.12. The third-order valence-corrected chi connectivity index (χ3v) is 6.62. The molecule has 7 heteroatoms. The summed E-state index contributed by atoms with van der Waals surface area (Å²) >= 11 is 0. The van der Waals surface area contributed by atoms with Crippen LogP contribution in [0.25, 0.3) is 0 Å². The Morgan fingerprint density at radius 1 is 1.30 bits per heavy atom. The van der Waals surface area contributed by atoms with Crippen molar-refractivity contribution in [3.8, 4) is 5.75 Å². The van der Waals surface area contributed by atoms with Gasteiger partial charge in [-0.2, -0.15) is 0 Å². The molecular formula is C20H33N3O3S. The Kier molecular flexibility index (Phi) is 8.41. The predicted molar refractivity (Wildman–Crippen MR) is 111 cm³/mol. The van der Waals surface area contributed by atoms with Crippen LogP contribution < -0.4 is 15.4 Å². The molecule has 27 heavy (non-hydrogen) atoms. The molecular weight excluding hydrogens is 362 g/mol. The molecule has 1 heterocycles. The van der Waals surface area contributed by atoms with Crippen LogP contribution >= 0.6 is 0 Å². The van der Waals surface area contributed by atoms with E-state index < -0.39 is 9.84 Å². The van der Waals surface area contributed by atoms with Crippen LogP contribution in [-0.4, -0.2) is 46.1 Å². The highest BCUT2D eigenvalue weighted by Crippen LogP contribution is 2.21. The molecule has 0 amide bonds. The minimum Gasteiger partial charge on any atom is -0.493 e. The maximum Gasteiger partial charge on any atom is 0.191 e. The quantitative estimate of drug-likeness (QED) is 0.382. The van der Waals surface area contributed by atoms with E-state index in [1.807, 2.05) is 0 Å². The number of rotatable bonds is 9. The number of benzene rings is 1. The van der Waals surface area contributed by atoms with Crippen LogP contribution in [0.5, 0.6) is 5.75 Å². The van der Waals surface area contributed by atoms with E-state index in [2.05, 4.69) is 47.7 Å². The zero-order valence-corrected chi connectivity index (χ0v) is 17.6. The van der Waals surface area contributed by atoms with Crippen LogP contribution in [0.4, 0.5) is 0 Å². The van der Waals surface area contributed by atoms with Crippen LogP contribution in [-0.2, 0) is 16.4 Å². The van der Waals surface area contributed by atoms with Gasteiger partial charge in [0, 0.05) is 25.7 Å². The Balaban J connectivity index is 1.86. The minimum absolute atomic E-state index is 0.158. The molecule has 1 unspecified atom stereocenters. The Morgan fingerprint density at radius 3 is 2.78 bits per heavy atom. The molecule has 2 N–H and O–H groups in total. The summed E-state index contributed by atoms with van der Waals surface area (Å²) in [5.41, 5.74) is 2.26. The highest BCUT2D eigenvalue weighted by Gasteiger charge is 2.27. The molecule has 0 aliphatic carbocycles. The van der Waals surface area contributed by atoms with Crippen molar-refractivity contribution in [2.45, 2.75) is 46.1 Å². The summed E-state index contributed by atoms with van der Waals surface area (Å²) in [6.07, 6.45) is 4.13. The molecule has 152 valence electrons. The number of aliphatic imine (C=N–C) groups is 1. The molecule has 6 nitrogen and oxygen atoms in total. The number of ether oxygens (including phenoxy) is 1. The number of hydrogen-bond acceptors (Lipinski definition) is 4. The Morgan fingerprint density at radius 2 is 2.11 bits per heavy atom.